The van der Waals surface area contributed by atoms with E-state index in [0.717, 1.165) is 12.2 Å². The van der Waals surface area contributed by atoms with Gasteiger partial charge in [-0.25, -0.2) is 15.0 Å². The van der Waals surface area contributed by atoms with Crippen molar-refractivity contribution < 1.29 is 14.9 Å². The SMILES string of the molecule is Nc1ncnc2c1ncn2C1OC2(CCSC2)C(O)C1O. The number of hydrogen-bond acceptors (Lipinski definition) is 8. The lowest BCUT2D eigenvalue weighted by Gasteiger charge is -2.25. The highest BCUT2D eigenvalue weighted by molar-refractivity contribution is 7.99. The number of fused-ring (bicyclic) bond motifs is 1. The standard InChI is InChI=1S/C12H15N5O3S/c13-9-6-10(15-4-14-9)17(5-16-6)11-7(18)8(19)12(20-11)1-2-21-3-12/h4-5,7-8,11,18-19H,1-3H2,(H2,13,14,15). The Hall–Kier alpha value is -1.42. The van der Waals surface area contributed by atoms with Gasteiger partial charge in [-0.1, -0.05) is 0 Å². The van der Waals surface area contributed by atoms with Gasteiger partial charge >= 0.3 is 0 Å². The zero-order valence-corrected chi connectivity index (χ0v) is 11.9. The van der Waals surface area contributed by atoms with Gasteiger partial charge in [0.2, 0.25) is 0 Å². The zero-order chi connectivity index (χ0) is 14.6. The van der Waals surface area contributed by atoms with Crippen LogP contribution in [0.4, 0.5) is 5.82 Å². The Balaban J connectivity index is 1.77. The lowest BCUT2D eigenvalue weighted by molar-refractivity contribution is -0.0862. The number of ether oxygens (including phenoxy) is 1. The smallest absolute Gasteiger partial charge is 0.167 e. The summed E-state index contributed by atoms with van der Waals surface area (Å²) >= 11 is 1.71. The van der Waals surface area contributed by atoms with Crippen molar-refractivity contribution in [2.45, 2.75) is 30.5 Å². The van der Waals surface area contributed by atoms with Gasteiger partial charge in [-0.2, -0.15) is 11.8 Å². The molecular weight excluding hydrogens is 294 g/mol. The number of rotatable bonds is 1. The van der Waals surface area contributed by atoms with Crippen LogP contribution in [0.5, 0.6) is 0 Å². The molecule has 2 saturated heterocycles. The predicted octanol–water partition coefficient (Wildman–Crippen LogP) is -0.465. The maximum absolute atomic E-state index is 10.4. The summed E-state index contributed by atoms with van der Waals surface area (Å²) in [7, 11) is 0. The highest BCUT2D eigenvalue weighted by Gasteiger charge is 2.56. The number of nitrogens with zero attached hydrogens (tertiary/aromatic N) is 4. The van der Waals surface area contributed by atoms with E-state index in [9.17, 15) is 10.2 Å². The summed E-state index contributed by atoms with van der Waals surface area (Å²) in [5.41, 5.74) is 6.02. The molecule has 4 heterocycles. The Bertz CT molecular complexity index is 687. The summed E-state index contributed by atoms with van der Waals surface area (Å²) in [6.07, 6.45) is 0.895. The van der Waals surface area contributed by atoms with Crippen LogP contribution >= 0.6 is 11.8 Å². The van der Waals surface area contributed by atoms with Crippen molar-refractivity contribution in [3.63, 3.8) is 0 Å². The molecule has 0 amide bonds. The molecule has 0 saturated carbocycles. The first kappa shape index (κ1) is 13.3. The maximum atomic E-state index is 10.4. The molecule has 4 unspecified atom stereocenters. The number of nitrogen functional groups attached to an aromatic ring is 1. The molecule has 4 atom stereocenters. The second-order valence-corrected chi connectivity index (χ2v) is 6.50. The van der Waals surface area contributed by atoms with E-state index in [-0.39, 0.29) is 5.82 Å². The van der Waals surface area contributed by atoms with Crippen molar-refractivity contribution >= 4 is 28.7 Å². The molecule has 2 aromatic heterocycles. The fourth-order valence-corrected chi connectivity index (χ4v) is 4.38. The summed E-state index contributed by atoms with van der Waals surface area (Å²) in [6.45, 7) is 0. The second kappa shape index (κ2) is 4.54. The highest BCUT2D eigenvalue weighted by Crippen LogP contribution is 2.45. The Morgan fingerprint density at radius 3 is 3.00 bits per heavy atom. The van der Waals surface area contributed by atoms with Crippen molar-refractivity contribution in [3.05, 3.63) is 12.7 Å². The molecule has 8 nitrogen and oxygen atoms in total. The van der Waals surface area contributed by atoms with Crippen LogP contribution in [0.25, 0.3) is 11.2 Å². The fraction of sp³-hybridized carbons (Fsp3) is 0.583. The minimum Gasteiger partial charge on any atom is -0.387 e. The predicted molar refractivity (Wildman–Crippen MR) is 76.5 cm³/mol. The van der Waals surface area contributed by atoms with Gasteiger partial charge in [0.25, 0.3) is 0 Å². The Kier molecular flexibility index (Phi) is 2.86. The Morgan fingerprint density at radius 2 is 2.24 bits per heavy atom. The van der Waals surface area contributed by atoms with Crippen LogP contribution in [0.15, 0.2) is 12.7 Å². The summed E-state index contributed by atoms with van der Waals surface area (Å²) in [6, 6.07) is 0. The molecule has 2 aliphatic heterocycles. The lowest BCUT2D eigenvalue weighted by Crippen LogP contribution is -2.43. The number of thioether (sulfide) groups is 1. The molecular formula is C12H15N5O3S. The molecule has 9 heteroatoms. The molecule has 4 N–H and O–H groups in total. The molecule has 2 aliphatic rings. The summed E-state index contributed by atoms with van der Waals surface area (Å²) in [5, 5.41) is 20.7. The Labute approximate surface area is 124 Å². The van der Waals surface area contributed by atoms with Crippen LogP contribution in [0.2, 0.25) is 0 Å². The van der Waals surface area contributed by atoms with E-state index in [0.29, 0.717) is 16.9 Å². The number of nitrogens with two attached hydrogens (primary N) is 1. The van der Waals surface area contributed by atoms with Crippen LogP contribution in [0.1, 0.15) is 12.6 Å². The first-order valence-corrected chi connectivity index (χ1v) is 7.82. The normalized spacial score (nSPS) is 36.0. The van der Waals surface area contributed by atoms with E-state index in [1.807, 2.05) is 0 Å². The van der Waals surface area contributed by atoms with Gasteiger partial charge in [-0.3, -0.25) is 4.57 Å². The molecule has 112 valence electrons. The van der Waals surface area contributed by atoms with Gasteiger partial charge in [-0.15, -0.1) is 0 Å². The zero-order valence-electron chi connectivity index (χ0n) is 11.1. The topological polar surface area (TPSA) is 119 Å². The van der Waals surface area contributed by atoms with Crippen LogP contribution in [-0.4, -0.2) is 59.0 Å². The molecule has 0 bridgehead atoms. The largest absolute Gasteiger partial charge is 0.387 e. The molecule has 0 aromatic carbocycles. The molecule has 0 radical (unpaired) electrons. The highest BCUT2D eigenvalue weighted by atomic mass is 32.2. The first-order valence-electron chi connectivity index (χ1n) is 6.67. The average Bonchev–Trinajstić information content (AvgIpc) is 3.16. The average molecular weight is 309 g/mol. The number of aliphatic hydroxyl groups is 2. The monoisotopic (exact) mass is 309 g/mol. The van der Waals surface area contributed by atoms with Gasteiger partial charge in [0.1, 0.15) is 29.7 Å². The van der Waals surface area contributed by atoms with Crippen LogP contribution in [-0.2, 0) is 4.74 Å². The maximum Gasteiger partial charge on any atom is 0.167 e. The van der Waals surface area contributed by atoms with E-state index in [1.54, 1.807) is 16.3 Å². The number of hydrogen-bond donors (Lipinski definition) is 3. The molecule has 21 heavy (non-hydrogen) atoms. The van der Waals surface area contributed by atoms with Gasteiger partial charge in [0.05, 0.1) is 6.33 Å². The number of anilines is 1. The second-order valence-electron chi connectivity index (χ2n) is 5.39. The summed E-state index contributed by atoms with van der Waals surface area (Å²) < 4.78 is 7.64. The summed E-state index contributed by atoms with van der Waals surface area (Å²) in [5.74, 6) is 1.86. The van der Waals surface area contributed by atoms with Crippen molar-refractivity contribution in [1.29, 1.82) is 0 Å². The lowest BCUT2D eigenvalue weighted by atomic mass is 9.95. The van der Waals surface area contributed by atoms with Gasteiger partial charge in [0, 0.05) is 5.75 Å². The number of aromatic nitrogens is 4. The molecule has 4 rings (SSSR count). The van der Waals surface area contributed by atoms with E-state index in [2.05, 4.69) is 15.0 Å². The van der Waals surface area contributed by atoms with Crippen molar-refractivity contribution in [2.75, 3.05) is 17.2 Å². The molecule has 2 aromatic rings. The van der Waals surface area contributed by atoms with E-state index in [4.69, 9.17) is 10.5 Å². The minimum absolute atomic E-state index is 0.276. The third-order valence-corrected chi connectivity index (χ3v) is 5.37. The van der Waals surface area contributed by atoms with E-state index < -0.39 is 24.0 Å². The van der Waals surface area contributed by atoms with Crippen LogP contribution < -0.4 is 5.73 Å². The van der Waals surface area contributed by atoms with Crippen molar-refractivity contribution in [1.82, 2.24) is 19.5 Å². The number of aliphatic hydroxyl groups excluding tert-OH is 2. The van der Waals surface area contributed by atoms with Crippen LogP contribution in [0, 0.1) is 0 Å². The quantitative estimate of drug-likeness (QED) is 0.647. The number of imidazole rings is 1. The van der Waals surface area contributed by atoms with Gasteiger partial charge < -0.3 is 20.7 Å². The van der Waals surface area contributed by atoms with Gasteiger partial charge in [0.15, 0.2) is 17.7 Å². The van der Waals surface area contributed by atoms with E-state index >= 15 is 0 Å². The fourth-order valence-electron chi connectivity index (χ4n) is 3.01. The third-order valence-electron chi connectivity index (χ3n) is 4.19. The Morgan fingerprint density at radius 1 is 1.38 bits per heavy atom. The van der Waals surface area contributed by atoms with Gasteiger partial charge in [-0.05, 0) is 12.2 Å². The third kappa shape index (κ3) is 1.78. The van der Waals surface area contributed by atoms with Crippen LogP contribution in [0.3, 0.4) is 0 Å². The van der Waals surface area contributed by atoms with Crippen molar-refractivity contribution in [3.8, 4) is 0 Å². The van der Waals surface area contributed by atoms with Crippen molar-refractivity contribution in [2.24, 2.45) is 0 Å². The molecule has 0 aliphatic carbocycles. The minimum atomic E-state index is -1.03. The first-order chi connectivity index (χ1) is 10.1. The molecule has 2 fully saturated rings. The van der Waals surface area contributed by atoms with E-state index in [1.165, 1.54) is 12.7 Å². The summed E-state index contributed by atoms with van der Waals surface area (Å²) in [4.78, 5) is 12.2. The molecule has 1 spiro atoms.